The molecule has 0 spiro atoms. The van der Waals surface area contributed by atoms with Gasteiger partial charge in [0.1, 0.15) is 11.6 Å². The van der Waals surface area contributed by atoms with Crippen molar-refractivity contribution >= 4 is 15.9 Å². The lowest BCUT2D eigenvalue weighted by Crippen LogP contribution is -1.99. The van der Waals surface area contributed by atoms with Gasteiger partial charge in [-0.15, -0.1) is 0 Å². The zero-order chi connectivity index (χ0) is 13.1. The van der Waals surface area contributed by atoms with Crippen molar-refractivity contribution < 1.29 is 9.13 Å². The van der Waals surface area contributed by atoms with Crippen LogP contribution in [-0.4, -0.2) is 7.11 Å². The first-order valence-electron chi connectivity index (χ1n) is 5.66. The predicted octanol–water partition coefficient (Wildman–Crippen LogP) is 4.63. The summed E-state index contributed by atoms with van der Waals surface area (Å²) in [6.45, 7) is 2.02. The average Bonchev–Trinajstić information content (AvgIpc) is 2.38. The standard InChI is InChI=1S/C15H14BrFO/c1-10-5-3-4-6-12(10)15(16)13-8-7-11(18-2)9-14(13)17/h3-9,15H,1-2H3. The molecule has 2 aromatic carbocycles. The molecule has 1 atom stereocenters. The first-order valence-corrected chi connectivity index (χ1v) is 6.58. The van der Waals surface area contributed by atoms with Gasteiger partial charge in [-0.05, 0) is 24.1 Å². The molecule has 0 radical (unpaired) electrons. The van der Waals surface area contributed by atoms with E-state index in [1.165, 1.54) is 13.2 Å². The molecule has 1 unspecified atom stereocenters. The molecule has 1 nitrogen and oxygen atoms in total. The second-order valence-corrected chi connectivity index (χ2v) is 5.02. The van der Waals surface area contributed by atoms with Crippen LogP contribution >= 0.6 is 15.9 Å². The second kappa shape index (κ2) is 5.53. The minimum atomic E-state index is -0.264. The van der Waals surface area contributed by atoms with E-state index < -0.39 is 0 Å². The highest BCUT2D eigenvalue weighted by atomic mass is 79.9. The molecule has 94 valence electrons. The van der Waals surface area contributed by atoms with Crippen molar-refractivity contribution in [3.05, 3.63) is 65.0 Å². The van der Waals surface area contributed by atoms with Gasteiger partial charge in [0.05, 0.1) is 11.9 Å². The van der Waals surface area contributed by atoms with E-state index in [0.717, 1.165) is 11.1 Å². The molecule has 0 amide bonds. The number of benzene rings is 2. The quantitative estimate of drug-likeness (QED) is 0.751. The van der Waals surface area contributed by atoms with Gasteiger partial charge in [0, 0.05) is 11.6 Å². The summed E-state index contributed by atoms with van der Waals surface area (Å²) < 4.78 is 19.0. The number of alkyl halides is 1. The third-order valence-electron chi connectivity index (χ3n) is 2.94. The Hall–Kier alpha value is -1.35. The number of hydrogen-bond acceptors (Lipinski definition) is 1. The molecule has 0 saturated carbocycles. The van der Waals surface area contributed by atoms with E-state index in [1.54, 1.807) is 12.1 Å². The van der Waals surface area contributed by atoms with E-state index in [1.807, 2.05) is 31.2 Å². The van der Waals surface area contributed by atoms with Crippen molar-refractivity contribution in [2.45, 2.75) is 11.8 Å². The normalized spacial score (nSPS) is 12.2. The van der Waals surface area contributed by atoms with E-state index in [9.17, 15) is 4.39 Å². The molecule has 2 aromatic rings. The lowest BCUT2D eigenvalue weighted by atomic mass is 10.00. The highest BCUT2D eigenvalue weighted by molar-refractivity contribution is 9.09. The van der Waals surface area contributed by atoms with E-state index in [0.29, 0.717) is 11.3 Å². The molecule has 0 aromatic heterocycles. The maximum Gasteiger partial charge on any atom is 0.131 e. The number of rotatable bonds is 3. The Kier molecular flexibility index (Phi) is 4.02. The SMILES string of the molecule is COc1ccc(C(Br)c2ccccc2C)c(F)c1. The molecule has 0 heterocycles. The third kappa shape index (κ3) is 2.56. The van der Waals surface area contributed by atoms with Gasteiger partial charge in [-0.1, -0.05) is 46.3 Å². The van der Waals surface area contributed by atoms with Crippen molar-refractivity contribution in [1.82, 2.24) is 0 Å². The molecule has 0 aliphatic heterocycles. The van der Waals surface area contributed by atoms with E-state index in [-0.39, 0.29) is 10.6 Å². The van der Waals surface area contributed by atoms with Crippen LogP contribution in [0.4, 0.5) is 4.39 Å². The minimum Gasteiger partial charge on any atom is -0.497 e. The molecule has 2 rings (SSSR count). The summed E-state index contributed by atoms with van der Waals surface area (Å²) in [7, 11) is 1.53. The van der Waals surface area contributed by atoms with Gasteiger partial charge in [-0.3, -0.25) is 0 Å². The van der Waals surface area contributed by atoms with Crippen LogP contribution < -0.4 is 4.74 Å². The van der Waals surface area contributed by atoms with Crippen molar-refractivity contribution in [2.24, 2.45) is 0 Å². The molecular weight excluding hydrogens is 295 g/mol. The topological polar surface area (TPSA) is 9.23 Å². The summed E-state index contributed by atoms with van der Waals surface area (Å²) in [6.07, 6.45) is 0. The zero-order valence-corrected chi connectivity index (χ0v) is 11.9. The van der Waals surface area contributed by atoms with Crippen LogP contribution in [0.15, 0.2) is 42.5 Å². The Morgan fingerprint density at radius 1 is 1.11 bits per heavy atom. The highest BCUT2D eigenvalue weighted by Gasteiger charge is 2.16. The van der Waals surface area contributed by atoms with Crippen LogP contribution in [0.5, 0.6) is 5.75 Å². The number of aryl methyl sites for hydroxylation is 1. The Bertz CT molecular complexity index is 554. The predicted molar refractivity (Wildman–Crippen MR) is 74.9 cm³/mol. The molecular formula is C15H14BrFO. The van der Waals surface area contributed by atoms with Crippen molar-refractivity contribution in [3.8, 4) is 5.75 Å². The van der Waals surface area contributed by atoms with Crippen LogP contribution in [0.2, 0.25) is 0 Å². The smallest absolute Gasteiger partial charge is 0.131 e. The van der Waals surface area contributed by atoms with Gasteiger partial charge in [0.25, 0.3) is 0 Å². The molecule has 0 N–H and O–H groups in total. The summed E-state index contributed by atoms with van der Waals surface area (Å²) in [6, 6.07) is 12.9. The largest absolute Gasteiger partial charge is 0.497 e. The summed E-state index contributed by atoms with van der Waals surface area (Å²) in [4.78, 5) is -0.149. The van der Waals surface area contributed by atoms with Crippen LogP contribution in [0.25, 0.3) is 0 Å². The van der Waals surface area contributed by atoms with E-state index in [4.69, 9.17) is 4.74 Å². The summed E-state index contributed by atoms with van der Waals surface area (Å²) in [5.41, 5.74) is 2.82. The van der Waals surface area contributed by atoms with Crippen LogP contribution in [0.1, 0.15) is 21.5 Å². The van der Waals surface area contributed by atoms with Crippen LogP contribution in [0.3, 0.4) is 0 Å². The Morgan fingerprint density at radius 3 is 2.44 bits per heavy atom. The molecule has 18 heavy (non-hydrogen) atoms. The fourth-order valence-corrected chi connectivity index (χ4v) is 2.76. The summed E-state index contributed by atoms with van der Waals surface area (Å²) in [5.74, 6) is 0.264. The average molecular weight is 309 g/mol. The molecule has 0 saturated heterocycles. The number of hydrogen-bond donors (Lipinski definition) is 0. The van der Waals surface area contributed by atoms with Crippen molar-refractivity contribution in [3.63, 3.8) is 0 Å². The second-order valence-electron chi connectivity index (χ2n) is 4.11. The van der Waals surface area contributed by atoms with Gasteiger partial charge >= 0.3 is 0 Å². The third-order valence-corrected chi connectivity index (χ3v) is 3.93. The fraction of sp³-hybridized carbons (Fsp3) is 0.200. The van der Waals surface area contributed by atoms with Gasteiger partial charge in [0.2, 0.25) is 0 Å². The van der Waals surface area contributed by atoms with Gasteiger partial charge < -0.3 is 4.74 Å². The Balaban J connectivity index is 2.40. The fourth-order valence-electron chi connectivity index (χ4n) is 1.88. The number of methoxy groups -OCH3 is 1. The van der Waals surface area contributed by atoms with E-state index in [2.05, 4.69) is 15.9 Å². The molecule has 0 aliphatic carbocycles. The Labute approximate surface area is 115 Å². The van der Waals surface area contributed by atoms with Crippen molar-refractivity contribution in [2.75, 3.05) is 7.11 Å². The first kappa shape index (κ1) is 13.1. The molecule has 3 heteroatoms. The van der Waals surface area contributed by atoms with Crippen molar-refractivity contribution in [1.29, 1.82) is 0 Å². The van der Waals surface area contributed by atoms with Crippen LogP contribution in [0, 0.1) is 12.7 Å². The maximum atomic E-state index is 14.0. The molecule has 0 fully saturated rings. The van der Waals surface area contributed by atoms with Gasteiger partial charge in [-0.25, -0.2) is 4.39 Å². The zero-order valence-electron chi connectivity index (χ0n) is 10.3. The van der Waals surface area contributed by atoms with Crippen LogP contribution in [-0.2, 0) is 0 Å². The summed E-state index contributed by atoms with van der Waals surface area (Å²) >= 11 is 3.56. The minimum absolute atomic E-state index is 0.149. The maximum absolute atomic E-state index is 14.0. The molecule has 0 aliphatic rings. The highest BCUT2D eigenvalue weighted by Crippen LogP contribution is 2.35. The molecule has 0 bridgehead atoms. The van der Waals surface area contributed by atoms with E-state index >= 15 is 0 Å². The number of ether oxygens (including phenoxy) is 1. The first-order chi connectivity index (χ1) is 8.63. The number of halogens is 2. The van der Waals surface area contributed by atoms with Gasteiger partial charge in [-0.2, -0.15) is 0 Å². The lowest BCUT2D eigenvalue weighted by molar-refractivity contribution is 0.411. The Morgan fingerprint density at radius 2 is 1.83 bits per heavy atom. The monoisotopic (exact) mass is 308 g/mol. The summed E-state index contributed by atoms with van der Waals surface area (Å²) in [5, 5.41) is 0. The van der Waals surface area contributed by atoms with Gasteiger partial charge in [0.15, 0.2) is 0 Å². The lowest BCUT2D eigenvalue weighted by Gasteiger charge is -2.14.